The van der Waals surface area contributed by atoms with Crippen molar-refractivity contribution in [1.82, 2.24) is 9.80 Å². The third kappa shape index (κ3) is 9.93. The summed E-state index contributed by atoms with van der Waals surface area (Å²) in [6.45, 7) is 11.5. The highest BCUT2D eigenvalue weighted by Crippen LogP contribution is 2.49. The summed E-state index contributed by atoms with van der Waals surface area (Å²) in [5.41, 5.74) is 2.76. The van der Waals surface area contributed by atoms with E-state index in [0.29, 0.717) is 29.8 Å². The van der Waals surface area contributed by atoms with E-state index in [1.54, 1.807) is 11.8 Å². The maximum atomic E-state index is 13.6. The molecule has 286 valence electrons. The molecule has 0 spiro atoms. The molecular formula is C43H48F3N3O5. The molecule has 2 fully saturated rings. The summed E-state index contributed by atoms with van der Waals surface area (Å²) in [5, 5.41) is 2.80. The van der Waals surface area contributed by atoms with Crippen LogP contribution in [0.15, 0.2) is 103 Å². The molecule has 1 aliphatic carbocycles. The number of ether oxygens (including phenoxy) is 3. The number of hydrogen-bond acceptors (Lipinski definition) is 6. The molecule has 4 atom stereocenters. The van der Waals surface area contributed by atoms with E-state index >= 15 is 0 Å². The van der Waals surface area contributed by atoms with Crippen molar-refractivity contribution in [2.24, 2.45) is 11.8 Å². The zero-order valence-corrected chi connectivity index (χ0v) is 31.1. The molecule has 0 aromatic heterocycles. The lowest BCUT2D eigenvalue weighted by Crippen LogP contribution is -2.43. The van der Waals surface area contributed by atoms with Gasteiger partial charge in [0.15, 0.2) is 6.10 Å². The van der Waals surface area contributed by atoms with Gasteiger partial charge in [-0.3, -0.25) is 4.90 Å². The van der Waals surface area contributed by atoms with Gasteiger partial charge >= 0.3 is 18.2 Å². The second-order valence-corrected chi connectivity index (χ2v) is 15.0. The number of anilines is 1. The van der Waals surface area contributed by atoms with Crippen molar-refractivity contribution in [3.8, 4) is 11.5 Å². The fourth-order valence-electron chi connectivity index (χ4n) is 7.14. The van der Waals surface area contributed by atoms with Crippen LogP contribution in [0.25, 0.3) is 0 Å². The number of esters is 1. The summed E-state index contributed by atoms with van der Waals surface area (Å²) in [6, 6.07) is 29.5. The van der Waals surface area contributed by atoms with Crippen LogP contribution in [0.4, 0.5) is 23.7 Å². The molecule has 54 heavy (non-hydrogen) atoms. The molecule has 1 heterocycles. The number of nitrogens with one attached hydrogen (secondary N) is 1. The molecule has 1 N–H and O–H groups in total. The number of carbonyl (C=O) groups is 2. The molecule has 8 nitrogen and oxygen atoms in total. The number of carbonyl (C=O) groups excluding carboxylic acids is 2. The number of hydrogen-bond donors (Lipinski definition) is 1. The van der Waals surface area contributed by atoms with Crippen LogP contribution >= 0.6 is 0 Å². The highest BCUT2D eigenvalue weighted by atomic mass is 19.4. The van der Waals surface area contributed by atoms with Gasteiger partial charge in [-0.2, -0.15) is 13.2 Å². The third-order valence-electron chi connectivity index (χ3n) is 10.1. The Balaban J connectivity index is 1.07. The van der Waals surface area contributed by atoms with Crippen LogP contribution in [-0.2, 0) is 34.1 Å². The second kappa shape index (κ2) is 16.5. The molecule has 2 aliphatic rings. The summed E-state index contributed by atoms with van der Waals surface area (Å²) in [7, 11) is 0. The van der Waals surface area contributed by atoms with Gasteiger partial charge in [-0.25, -0.2) is 9.59 Å². The minimum atomic E-state index is -4.46. The van der Waals surface area contributed by atoms with Crippen molar-refractivity contribution in [3.05, 3.63) is 125 Å². The van der Waals surface area contributed by atoms with E-state index in [1.165, 1.54) is 17.7 Å². The van der Waals surface area contributed by atoms with Crippen molar-refractivity contribution >= 4 is 17.7 Å². The predicted molar refractivity (Wildman–Crippen MR) is 201 cm³/mol. The monoisotopic (exact) mass is 743 g/mol. The molecule has 4 aromatic rings. The van der Waals surface area contributed by atoms with E-state index in [0.717, 1.165) is 42.9 Å². The lowest BCUT2D eigenvalue weighted by atomic mass is 9.87. The van der Waals surface area contributed by atoms with Crippen molar-refractivity contribution in [2.75, 3.05) is 38.2 Å². The Morgan fingerprint density at radius 2 is 1.43 bits per heavy atom. The van der Waals surface area contributed by atoms with E-state index in [4.69, 9.17) is 14.2 Å². The number of rotatable bonds is 14. The van der Waals surface area contributed by atoms with Gasteiger partial charge < -0.3 is 24.4 Å². The third-order valence-corrected chi connectivity index (χ3v) is 10.1. The highest BCUT2D eigenvalue weighted by molar-refractivity contribution is 5.90. The SMILES string of the molecule is CCOC(=O)[C@H](Cc1ccc(OCCN(C(=O)Nc2ccc(C(F)(F)F)cc2)[C@H]2[C@@H]3CN(Cc4ccccc4)C[C@@H]32)cc1)Oc1ccc(C(C)(C)C)cc1. The number of nitrogens with zero attached hydrogens (tertiary/aromatic N) is 2. The summed E-state index contributed by atoms with van der Waals surface area (Å²) < 4.78 is 56.9. The highest BCUT2D eigenvalue weighted by Gasteiger charge is 2.59. The Labute approximate surface area is 315 Å². The Morgan fingerprint density at radius 3 is 2.02 bits per heavy atom. The Bertz CT molecular complexity index is 1830. The van der Waals surface area contributed by atoms with E-state index in [1.807, 2.05) is 66.7 Å². The van der Waals surface area contributed by atoms with Gasteiger partial charge in [-0.1, -0.05) is 75.4 Å². The van der Waals surface area contributed by atoms with Gasteiger partial charge in [-0.15, -0.1) is 0 Å². The van der Waals surface area contributed by atoms with Crippen LogP contribution in [0, 0.1) is 11.8 Å². The molecule has 1 aliphatic heterocycles. The molecular weight excluding hydrogens is 695 g/mol. The van der Waals surface area contributed by atoms with Gasteiger partial charge in [0.2, 0.25) is 0 Å². The number of alkyl halides is 3. The van der Waals surface area contributed by atoms with Crippen LogP contribution in [0.3, 0.4) is 0 Å². The van der Waals surface area contributed by atoms with Crippen molar-refractivity contribution in [3.63, 3.8) is 0 Å². The maximum Gasteiger partial charge on any atom is 0.416 e. The fourth-order valence-corrected chi connectivity index (χ4v) is 7.14. The summed E-state index contributed by atoms with van der Waals surface area (Å²) >= 11 is 0. The number of urea groups is 1. The first-order valence-electron chi connectivity index (χ1n) is 18.4. The lowest BCUT2D eigenvalue weighted by molar-refractivity contribution is -0.151. The summed E-state index contributed by atoms with van der Waals surface area (Å²) in [5.74, 6) is 1.34. The number of fused-ring (bicyclic) bond motifs is 1. The zero-order chi connectivity index (χ0) is 38.5. The minimum absolute atomic E-state index is 0.00178. The first kappa shape index (κ1) is 38.7. The van der Waals surface area contributed by atoms with E-state index in [9.17, 15) is 22.8 Å². The maximum absolute atomic E-state index is 13.6. The molecule has 0 bridgehead atoms. The van der Waals surface area contributed by atoms with Crippen LogP contribution in [0.2, 0.25) is 0 Å². The molecule has 2 amide bonds. The number of halogens is 3. The Hall–Kier alpha value is -5.03. The zero-order valence-electron chi connectivity index (χ0n) is 31.1. The van der Waals surface area contributed by atoms with Crippen molar-refractivity contribution < 1.29 is 37.0 Å². The van der Waals surface area contributed by atoms with Crippen LogP contribution in [0.5, 0.6) is 11.5 Å². The number of piperidine rings is 1. The van der Waals surface area contributed by atoms with Crippen molar-refractivity contribution in [2.45, 2.75) is 64.4 Å². The number of benzene rings is 4. The molecule has 0 unspecified atom stereocenters. The largest absolute Gasteiger partial charge is 0.492 e. The first-order chi connectivity index (χ1) is 25.8. The van der Waals surface area contributed by atoms with Gasteiger partial charge in [0, 0.05) is 37.8 Å². The first-order valence-corrected chi connectivity index (χ1v) is 18.4. The Morgan fingerprint density at radius 1 is 0.815 bits per heavy atom. The molecule has 1 saturated carbocycles. The predicted octanol–water partition coefficient (Wildman–Crippen LogP) is 8.60. The quantitative estimate of drug-likeness (QED) is 0.130. The summed E-state index contributed by atoms with van der Waals surface area (Å²) in [6.07, 6.45) is -5.00. The average molecular weight is 744 g/mol. The van der Waals surface area contributed by atoms with Gasteiger partial charge in [0.1, 0.15) is 18.1 Å². The topological polar surface area (TPSA) is 80.3 Å². The smallest absolute Gasteiger partial charge is 0.416 e. The average Bonchev–Trinajstić information content (AvgIpc) is 3.62. The Kier molecular flexibility index (Phi) is 11.9. The molecule has 1 saturated heterocycles. The molecule has 11 heteroatoms. The van der Waals surface area contributed by atoms with Crippen LogP contribution in [0.1, 0.15) is 49.9 Å². The summed E-state index contributed by atoms with van der Waals surface area (Å²) in [4.78, 5) is 30.6. The molecule has 4 aromatic carbocycles. The van der Waals surface area contributed by atoms with Crippen molar-refractivity contribution in [1.29, 1.82) is 0 Å². The molecule has 0 radical (unpaired) electrons. The van der Waals surface area contributed by atoms with Crippen LogP contribution < -0.4 is 14.8 Å². The van der Waals surface area contributed by atoms with E-state index in [2.05, 4.69) is 43.1 Å². The lowest BCUT2D eigenvalue weighted by Gasteiger charge is -2.28. The molecule has 6 rings (SSSR count). The van der Waals surface area contributed by atoms with Gasteiger partial charge in [-0.05, 0) is 89.4 Å². The normalized spacial score (nSPS) is 18.7. The van der Waals surface area contributed by atoms with Gasteiger partial charge in [0.25, 0.3) is 0 Å². The van der Waals surface area contributed by atoms with Crippen LogP contribution in [-0.4, -0.2) is 66.8 Å². The minimum Gasteiger partial charge on any atom is -0.492 e. The van der Waals surface area contributed by atoms with Gasteiger partial charge in [0.05, 0.1) is 18.7 Å². The number of amides is 2. The second-order valence-electron chi connectivity index (χ2n) is 15.0. The number of likely N-dealkylation sites (tertiary alicyclic amines) is 1. The fraction of sp³-hybridized carbons (Fsp3) is 0.395. The van der Waals surface area contributed by atoms with E-state index < -0.39 is 23.8 Å². The standard InChI is InChI=1S/C43H48F3N3O5/c1-5-52-40(50)38(54-35-21-15-31(16-22-35)42(2,3)4)25-29-11-19-34(20-12-29)53-24-23-49(41(51)47-33-17-13-32(14-18-33)43(44,45)46)39-36-27-48(28-37(36)39)26-30-9-7-6-8-10-30/h6-22,36-39H,5,23-28H2,1-4H3,(H,47,51)/t36-,37+,38-,39+/m0/s1. The van der Waals surface area contributed by atoms with E-state index in [-0.39, 0.29) is 42.9 Å².